The van der Waals surface area contributed by atoms with Crippen molar-refractivity contribution in [3.63, 3.8) is 0 Å². The summed E-state index contributed by atoms with van der Waals surface area (Å²) in [5, 5.41) is 7.74. The number of likely N-dealkylation sites (tertiary alicyclic amines) is 1. The van der Waals surface area contributed by atoms with E-state index < -0.39 is 11.7 Å². The number of hydrogen-bond acceptors (Lipinski definition) is 6. The zero-order valence-electron chi connectivity index (χ0n) is 21.8. The van der Waals surface area contributed by atoms with Crippen LogP contribution in [0.4, 0.5) is 24.7 Å². The molecule has 1 N–H and O–H groups in total. The van der Waals surface area contributed by atoms with Gasteiger partial charge < -0.3 is 5.32 Å². The van der Waals surface area contributed by atoms with E-state index in [1.54, 1.807) is 16.9 Å². The first kappa shape index (κ1) is 26.6. The van der Waals surface area contributed by atoms with Crippen LogP contribution in [0.25, 0.3) is 5.82 Å². The third kappa shape index (κ3) is 6.17. The molecule has 2 aromatic carbocycles. The largest absolute Gasteiger partial charge is 0.416 e. The van der Waals surface area contributed by atoms with Crippen molar-refractivity contribution in [2.75, 3.05) is 18.4 Å². The van der Waals surface area contributed by atoms with E-state index in [9.17, 15) is 18.0 Å². The number of nitrogens with one attached hydrogen (secondary N) is 1. The molecule has 0 spiro atoms. The highest BCUT2D eigenvalue weighted by atomic mass is 19.4. The number of carbonyl (C=O) groups is 1. The number of aromatic nitrogens is 4. The first-order chi connectivity index (χ1) is 18.7. The van der Waals surface area contributed by atoms with Crippen LogP contribution in [0.2, 0.25) is 0 Å². The SMILES string of the molecule is CCc1cc(-n2nccc2Nc2cc(CC(=O)c3cc(CN4CCC4)cc(C(F)(F)F)c3)ccc2C)ncn1. The summed E-state index contributed by atoms with van der Waals surface area (Å²) in [6.07, 6.45) is 0.411. The van der Waals surface area contributed by atoms with Crippen LogP contribution in [0.1, 0.15) is 51.7 Å². The van der Waals surface area contributed by atoms with Gasteiger partial charge in [-0.1, -0.05) is 19.1 Å². The van der Waals surface area contributed by atoms with Gasteiger partial charge in [0.1, 0.15) is 12.1 Å². The number of alkyl halides is 3. The average Bonchev–Trinajstić information content (AvgIpc) is 3.35. The molecule has 1 aliphatic rings. The van der Waals surface area contributed by atoms with Crippen LogP contribution in [0.5, 0.6) is 0 Å². The number of nitrogens with zero attached hydrogens (tertiary/aromatic N) is 5. The van der Waals surface area contributed by atoms with Gasteiger partial charge in [0.2, 0.25) is 0 Å². The zero-order chi connectivity index (χ0) is 27.6. The molecule has 0 bridgehead atoms. The van der Waals surface area contributed by atoms with Gasteiger partial charge in [-0.2, -0.15) is 23.0 Å². The number of halogens is 3. The second-order valence-electron chi connectivity index (χ2n) is 9.77. The number of anilines is 2. The van der Waals surface area contributed by atoms with Crippen molar-refractivity contribution in [3.8, 4) is 5.82 Å². The third-order valence-corrected chi connectivity index (χ3v) is 6.86. The molecule has 1 fully saturated rings. The van der Waals surface area contributed by atoms with Crippen molar-refractivity contribution in [2.24, 2.45) is 0 Å². The Balaban J connectivity index is 1.37. The molecule has 10 heteroatoms. The molecule has 7 nitrogen and oxygen atoms in total. The number of aryl methyl sites for hydroxylation is 2. The van der Waals surface area contributed by atoms with Crippen molar-refractivity contribution in [1.29, 1.82) is 0 Å². The van der Waals surface area contributed by atoms with Crippen molar-refractivity contribution in [3.05, 3.63) is 94.6 Å². The third-order valence-electron chi connectivity index (χ3n) is 6.86. The van der Waals surface area contributed by atoms with Crippen molar-refractivity contribution in [1.82, 2.24) is 24.6 Å². The fourth-order valence-corrected chi connectivity index (χ4v) is 4.52. The molecule has 0 saturated carbocycles. The van der Waals surface area contributed by atoms with Crippen molar-refractivity contribution < 1.29 is 18.0 Å². The van der Waals surface area contributed by atoms with Crippen LogP contribution in [0.3, 0.4) is 0 Å². The Morgan fingerprint density at radius 3 is 2.56 bits per heavy atom. The molecule has 2 aromatic heterocycles. The molecule has 0 radical (unpaired) electrons. The van der Waals surface area contributed by atoms with Crippen LogP contribution in [0, 0.1) is 6.92 Å². The predicted octanol–water partition coefficient (Wildman–Crippen LogP) is 5.93. The number of rotatable bonds is 9. The van der Waals surface area contributed by atoms with E-state index in [1.165, 1.54) is 6.33 Å². The lowest BCUT2D eigenvalue weighted by atomic mass is 9.97. The maximum atomic E-state index is 13.6. The Morgan fingerprint density at radius 2 is 1.85 bits per heavy atom. The maximum Gasteiger partial charge on any atom is 0.416 e. The van der Waals surface area contributed by atoms with E-state index >= 15 is 0 Å². The Kier molecular flexibility index (Phi) is 7.47. The van der Waals surface area contributed by atoms with Crippen molar-refractivity contribution in [2.45, 2.75) is 45.8 Å². The summed E-state index contributed by atoms with van der Waals surface area (Å²) in [6, 6.07) is 12.9. The van der Waals surface area contributed by atoms with Crippen LogP contribution in [-0.4, -0.2) is 43.5 Å². The van der Waals surface area contributed by atoms with Gasteiger partial charge >= 0.3 is 6.18 Å². The fraction of sp³-hybridized carbons (Fsp3) is 0.310. The molecule has 0 unspecified atom stereocenters. The number of hydrogen-bond donors (Lipinski definition) is 1. The summed E-state index contributed by atoms with van der Waals surface area (Å²) >= 11 is 0. The van der Waals surface area contributed by atoms with E-state index in [-0.39, 0.29) is 17.8 Å². The minimum Gasteiger partial charge on any atom is -0.340 e. The lowest BCUT2D eigenvalue weighted by molar-refractivity contribution is -0.137. The molecule has 202 valence electrons. The minimum absolute atomic E-state index is 0.0234. The second kappa shape index (κ2) is 11.0. The van der Waals surface area contributed by atoms with Crippen molar-refractivity contribution >= 4 is 17.3 Å². The first-order valence-electron chi connectivity index (χ1n) is 12.9. The van der Waals surface area contributed by atoms with Gasteiger partial charge in [0, 0.05) is 42.0 Å². The molecule has 3 heterocycles. The number of benzene rings is 2. The van der Waals surface area contributed by atoms with E-state index in [1.807, 2.05) is 44.2 Å². The van der Waals surface area contributed by atoms with Crippen LogP contribution in [-0.2, 0) is 25.6 Å². The summed E-state index contributed by atoms with van der Waals surface area (Å²) in [5.74, 6) is 0.937. The molecule has 5 rings (SSSR count). The highest BCUT2D eigenvalue weighted by molar-refractivity contribution is 5.98. The van der Waals surface area contributed by atoms with E-state index in [2.05, 4.69) is 25.3 Å². The zero-order valence-corrected chi connectivity index (χ0v) is 21.8. The lowest BCUT2D eigenvalue weighted by Crippen LogP contribution is -2.36. The second-order valence-corrected chi connectivity index (χ2v) is 9.77. The van der Waals surface area contributed by atoms with Gasteiger partial charge in [0.05, 0.1) is 11.8 Å². The average molecular weight is 535 g/mol. The Labute approximate surface area is 224 Å². The topological polar surface area (TPSA) is 75.9 Å². The number of carbonyl (C=O) groups excluding carboxylic acids is 1. The summed E-state index contributed by atoms with van der Waals surface area (Å²) in [4.78, 5) is 23.8. The Hall–Kier alpha value is -4.05. The van der Waals surface area contributed by atoms with Gasteiger partial charge in [-0.3, -0.25) is 9.69 Å². The minimum atomic E-state index is -4.52. The molecule has 0 aliphatic carbocycles. The highest BCUT2D eigenvalue weighted by Gasteiger charge is 2.32. The molecular formula is C29H29F3N6O. The number of Topliss-reactive ketones (excluding diaryl/α,β-unsaturated/α-hetero) is 1. The van der Waals surface area contributed by atoms with E-state index in [0.29, 0.717) is 29.3 Å². The predicted molar refractivity (Wildman–Crippen MR) is 142 cm³/mol. The molecule has 0 amide bonds. The Morgan fingerprint density at radius 1 is 1.03 bits per heavy atom. The molecule has 1 saturated heterocycles. The molecule has 1 aliphatic heterocycles. The van der Waals surface area contributed by atoms with Gasteiger partial charge in [0.25, 0.3) is 0 Å². The standard InChI is InChI=1S/C29H29F3N6O/c1-3-24-16-28(34-18-33-24)38-27(7-8-35-38)36-25-13-20(6-5-19(25)2)14-26(39)22-11-21(17-37-9-4-10-37)12-23(15-22)29(30,31)32/h5-8,11-13,15-16,18,36H,3-4,9-10,14,17H2,1-2H3. The summed E-state index contributed by atoms with van der Waals surface area (Å²) < 4.78 is 42.5. The van der Waals surface area contributed by atoms with E-state index in [0.717, 1.165) is 55.0 Å². The monoisotopic (exact) mass is 534 g/mol. The first-order valence-corrected chi connectivity index (χ1v) is 12.9. The molecular weight excluding hydrogens is 505 g/mol. The normalized spacial score (nSPS) is 13.8. The summed E-state index contributed by atoms with van der Waals surface area (Å²) in [7, 11) is 0. The lowest BCUT2D eigenvalue weighted by Gasteiger charge is -2.31. The maximum absolute atomic E-state index is 13.6. The van der Waals surface area contributed by atoms with Gasteiger partial charge in [-0.25, -0.2) is 9.97 Å². The highest BCUT2D eigenvalue weighted by Crippen LogP contribution is 2.32. The van der Waals surface area contributed by atoms with Gasteiger partial charge in [-0.15, -0.1) is 0 Å². The van der Waals surface area contributed by atoms with Crippen LogP contribution in [0.15, 0.2) is 61.1 Å². The van der Waals surface area contributed by atoms with Gasteiger partial charge in [-0.05, 0) is 73.8 Å². The molecule has 39 heavy (non-hydrogen) atoms. The Bertz CT molecular complexity index is 1490. The smallest absolute Gasteiger partial charge is 0.340 e. The quantitative estimate of drug-likeness (QED) is 0.269. The van der Waals surface area contributed by atoms with E-state index in [4.69, 9.17) is 0 Å². The fourth-order valence-electron chi connectivity index (χ4n) is 4.52. The summed E-state index contributed by atoms with van der Waals surface area (Å²) in [6.45, 7) is 6.06. The van der Waals surface area contributed by atoms with Crippen LogP contribution >= 0.6 is 0 Å². The van der Waals surface area contributed by atoms with Crippen LogP contribution < -0.4 is 5.32 Å². The molecule has 4 aromatic rings. The summed E-state index contributed by atoms with van der Waals surface area (Å²) in [5.41, 5.74) is 3.06. The number of ketones is 1. The molecule has 0 atom stereocenters. The van der Waals surface area contributed by atoms with Gasteiger partial charge in [0.15, 0.2) is 11.6 Å².